The number of hydrogen-bond donors (Lipinski definition) is 0. The van der Waals surface area contributed by atoms with Crippen LogP contribution >= 0.6 is 0 Å². The van der Waals surface area contributed by atoms with Crippen LogP contribution in [0.4, 0.5) is 4.39 Å². The van der Waals surface area contributed by atoms with E-state index in [1.54, 1.807) is 0 Å². The summed E-state index contributed by atoms with van der Waals surface area (Å²) in [6.07, 6.45) is 0. The summed E-state index contributed by atoms with van der Waals surface area (Å²) in [5.74, 6) is 0. The fourth-order valence-corrected chi connectivity index (χ4v) is 0. The van der Waals surface area contributed by atoms with E-state index >= 15 is 0 Å². The van der Waals surface area contributed by atoms with Crippen LogP contribution < -0.4 is 0 Å². The summed E-state index contributed by atoms with van der Waals surface area (Å²) in [4.78, 5) is 0. The van der Waals surface area contributed by atoms with Crippen LogP contribution in [0.3, 0.4) is 0 Å². The molecule has 0 N–H and O–H groups in total. The molecule has 0 nitrogen and oxygen atoms in total. The van der Waals surface area contributed by atoms with Gasteiger partial charge in [0.15, 0.2) is 0 Å². The van der Waals surface area contributed by atoms with Gasteiger partial charge in [0.25, 0.3) is 0 Å². The number of rotatable bonds is 0. The smallest absolute Gasteiger partial charge is 0.358 e. The largest absolute Gasteiger partial charge is 2.00 e. The van der Waals surface area contributed by atoms with Crippen LogP contribution in [0.2, 0.25) is 0 Å². The standard InChI is InChI=1S/C2H4F.CH3.W/c1-2-3;;/h1-2H2;1H3;/q2*-1;+2. The first-order valence-corrected chi connectivity index (χ1v) is 0.767. The number of hydrogen-bond acceptors (Lipinski definition) is 0. The molecule has 0 saturated carbocycles. The van der Waals surface area contributed by atoms with Crippen molar-refractivity contribution >= 4 is 0 Å². The zero-order chi connectivity index (χ0) is 2.71. The van der Waals surface area contributed by atoms with Gasteiger partial charge in [-0.2, -0.15) is 0 Å². The van der Waals surface area contributed by atoms with Crippen molar-refractivity contribution < 1.29 is 25.5 Å². The first-order valence-electron chi connectivity index (χ1n) is 0.767. The van der Waals surface area contributed by atoms with Gasteiger partial charge < -0.3 is 14.4 Å². The number of halogens is 1. The topological polar surface area (TPSA) is 0 Å². The van der Waals surface area contributed by atoms with Gasteiger partial charge in [-0.3, -0.25) is 4.39 Å². The van der Waals surface area contributed by atoms with Crippen molar-refractivity contribution in [1.82, 2.24) is 0 Å². The third-order valence-electron chi connectivity index (χ3n) is 0. The molecule has 5 heavy (non-hydrogen) atoms. The minimum atomic E-state index is -0.500. The van der Waals surface area contributed by atoms with Crippen LogP contribution in [0.25, 0.3) is 0 Å². The Morgan fingerprint density at radius 1 is 1.60 bits per heavy atom. The van der Waals surface area contributed by atoms with E-state index in [4.69, 9.17) is 0 Å². The summed E-state index contributed by atoms with van der Waals surface area (Å²) in [6.45, 7) is 2.32. The third-order valence-corrected chi connectivity index (χ3v) is 0. The van der Waals surface area contributed by atoms with Crippen molar-refractivity contribution in [2.45, 2.75) is 0 Å². The van der Waals surface area contributed by atoms with Gasteiger partial charge in [0, 0.05) is 0 Å². The average molecular weight is 246 g/mol. The predicted octanol–water partition coefficient (Wildman–Crippen LogP) is 1.24. The van der Waals surface area contributed by atoms with Crippen molar-refractivity contribution in [2.75, 3.05) is 6.67 Å². The van der Waals surface area contributed by atoms with E-state index in [1.165, 1.54) is 0 Å². The van der Waals surface area contributed by atoms with Crippen molar-refractivity contribution in [2.24, 2.45) is 0 Å². The molecule has 0 spiro atoms. The summed E-state index contributed by atoms with van der Waals surface area (Å²) in [5, 5.41) is 0. The molecule has 0 radical (unpaired) electrons. The minimum Gasteiger partial charge on any atom is -0.358 e. The van der Waals surface area contributed by atoms with Crippen LogP contribution in [0.5, 0.6) is 0 Å². The van der Waals surface area contributed by atoms with Crippen LogP contribution in [-0.4, -0.2) is 6.67 Å². The summed E-state index contributed by atoms with van der Waals surface area (Å²) < 4.78 is 10.2. The quantitative estimate of drug-likeness (QED) is 0.564. The third kappa shape index (κ3) is 82.8. The zero-order valence-corrected chi connectivity index (χ0v) is 6.13. The van der Waals surface area contributed by atoms with Crippen LogP contribution in [0.1, 0.15) is 0 Å². The van der Waals surface area contributed by atoms with E-state index in [1.807, 2.05) is 0 Å². The minimum absolute atomic E-state index is 0. The van der Waals surface area contributed by atoms with E-state index in [-0.39, 0.29) is 28.5 Å². The van der Waals surface area contributed by atoms with Crippen LogP contribution in [0, 0.1) is 14.4 Å². The molecular formula is C3H7FW. The Labute approximate surface area is 47.0 Å². The maximum absolute atomic E-state index is 10.2. The predicted molar refractivity (Wildman–Crippen MR) is 17.7 cm³/mol. The monoisotopic (exact) mass is 246 g/mol. The molecule has 0 bridgehead atoms. The van der Waals surface area contributed by atoms with Gasteiger partial charge in [0.1, 0.15) is 0 Å². The maximum atomic E-state index is 10.2. The first-order chi connectivity index (χ1) is 1.41. The Bertz CT molecular complexity index is 6.85. The summed E-state index contributed by atoms with van der Waals surface area (Å²) in [6, 6.07) is 0. The molecular weight excluding hydrogens is 239 g/mol. The van der Waals surface area contributed by atoms with Crippen molar-refractivity contribution in [3.63, 3.8) is 0 Å². The second-order valence-electron chi connectivity index (χ2n) is 0.189. The van der Waals surface area contributed by atoms with Gasteiger partial charge in [-0.1, -0.05) is 0 Å². The Morgan fingerprint density at radius 3 is 1.60 bits per heavy atom. The Morgan fingerprint density at radius 2 is 1.60 bits per heavy atom. The van der Waals surface area contributed by atoms with Crippen LogP contribution in [-0.2, 0) is 21.1 Å². The Hall–Kier alpha value is 0.618. The van der Waals surface area contributed by atoms with Gasteiger partial charge in [-0.15, -0.1) is 0 Å². The fraction of sp³-hybridized carbons (Fsp3) is 0.333. The maximum Gasteiger partial charge on any atom is 2.00 e. The normalized spacial score (nSPS) is 3.60. The average Bonchev–Trinajstić information content (AvgIpc) is 0.918. The van der Waals surface area contributed by atoms with E-state index in [0.29, 0.717) is 0 Å². The second kappa shape index (κ2) is 23.1. The molecule has 0 aromatic rings. The van der Waals surface area contributed by atoms with Gasteiger partial charge in [0.2, 0.25) is 0 Å². The molecule has 0 aromatic carbocycles. The van der Waals surface area contributed by atoms with E-state index < -0.39 is 6.67 Å². The fourth-order valence-electron chi connectivity index (χ4n) is 0. The molecule has 0 fully saturated rings. The van der Waals surface area contributed by atoms with Gasteiger partial charge in [-0.05, 0) is 6.67 Å². The zero-order valence-electron chi connectivity index (χ0n) is 3.20. The first kappa shape index (κ1) is 17.5. The molecule has 32 valence electrons. The molecule has 0 aliphatic rings. The van der Waals surface area contributed by atoms with Gasteiger partial charge in [0.05, 0.1) is 0 Å². The molecule has 0 atom stereocenters. The Balaban J connectivity index is -0.0000000200. The van der Waals surface area contributed by atoms with E-state index in [0.717, 1.165) is 0 Å². The SMILES string of the molecule is [CH2-]CF.[CH3-].[W+2]. The van der Waals surface area contributed by atoms with E-state index in [2.05, 4.69) is 6.92 Å². The van der Waals surface area contributed by atoms with E-state index in [9.17, 15) is 4.39 Å². The molecule has 0 heterocycles. The molecule has 0 unspecified atom stereocenters. The van der Waals surface area contributed by atoms with Crippen molar-refractivity contribution in [1.29, 1.82) is 0 Å². The molecule has 0 aliphatic heterocycles. The number of alkyl halides is 1. The Kier molecular flexibility index (Phi) is 80.7. The summed E-state index contributed by atoms with van der Waals surface area (Å²) in [5.41, 5.74) is 0. The molecule has 0 amide bonds. The van der Waals surface area contributed by atoms with Crippen molar-refractivity contribution in [3.05, 3.63) is 14.4 Å². The molecule has 0 aromatic heterocycles. The summed E-state index contributed by atoms with van der Waals surface area (Å²) >= 11 is 0. The molecule has 0 saturated heterocycles. The van der Waals surface area contributed by atoms with Crippen LogP contribution in [0.15, 0.2) is 0 Å². The second-order valence-corrected chi connectivity index (χ2v) is 0.189. The molecule has 2 heteroatoms. The van der Waals surface area contributed by atoms with Gasteiger partial charge in [-0.25, -0.2) is 0 Å². The molecule has 0 rings (SSSR count). The summed E-state index contributed by atoms with van der Waals surface area (Å²) in [7, 11) is 0. The van der Waals surface area contributed by atoms with Crippen molar-refractivity contribution in [3.8, 4) is 0 Å². The van der Waals surface area contributed by atoms with Gasteiger partial charge >= 0.3 is 21.1 Å². The molecule has 0 aliphatic carbocycles.